The first kappa shape index (κ1) is 17.3. The van der Waals surface area contributed by atoms with Gasteiger partial charge >= 0.3 is 0 Å². The summed E-state index contributed by atoms with van der Waals surface area (Å²) < 4.78 is 0. The zero-order chi connectivity index (χ0) is 17.9. The molecule has 1 saturated heterocycles. The highest BCUT2D eigenvalue weighted by molar-refractivity contribution is 5.79. The Morgan fingerprint density at radius 2 is 1.77 bits per heavy atom. The molecule has 1 saturated carbocycles. The molecule has 136 valence electrons. The highest BCUT2D eigenvalue weighted by Gasteiger charge is 2.31. The summed E-state index contributed by atoms with van der Waals surface area (Å²) >= 11 is 0. The lowest BCUT2D eigenvalue weighted by Gasteiger charge is -2.34. The van der Waals surface area contributed by atoms with E-state index in [-0.39, 0.29) is 5.92 Å². The van der Waals surface area contributed by atoms with Gasteiger partial charge in [-0.05, 0) is 55.9 Å². The number of rotatable bonds is 3. The van der Waals surface area contributed by atoms with E-state index in [1.54, 1.807) is 0 Å². The Labute approximate surface area is 156 Å². The fourth-order valence-electron chi connectivity index (χ4n) is 4.55. The van der Waals surface area contributed by atoms with Crippen LogP contribution in [0.15, 0.2) is 42.5 Å². The van der Waals surface area contributed by atoms with Crippen LogP contribution >= 0.6 is 0 Å². The van der Waals surface area contributed by atoms with Gasteiger partial charge in [-0.25, -0.2) is 0 Å². The minimum Gasteiger partial charge on any atom is -0.342 e. The Morgan fingerprint density at radius 3 is 2.54 bits per heavy atom. The quantitative estimate of drug-likeness (QED) is 0.786. The van der Waals surface area contributed by atoms with Crippen molar-refractivity contribution in [2.75, 3.05) is 13.1 Å². The van der Waals surface area contributed by atoms with Crippen LogP contribution in [0.3, 0.4) is 0 Å². The molecule has 1 unspecified atom stereocenters. The van der Waals surface area contributed by atoms with Crippen molar-refractivity contribution >= 4 is 5.91 Å². The molecule has 1 atom stereocenters. The van der Waals surface area contributed by atoms with E-state index in [1.807, 2.05) is 6.07 Å². The fourth-order valence-corrected chi connectivity index (χ4v) is 4.55. The molecule has 2 heterocycles. The van der Waals surface area contributed by atoms with Gasteiger partial charge in [0.2, 0.25) is 5.91 Å². The molecule has 2 aliphatic rings. The summed E-state index contributed by atoms with van der Waals surface area (Å²) in [6.07, 6.45) is 6.81. The van der Waals surface area contributed by atoms with Crippen molar-refractivity contribution < 1.29 is 4.79 Å². The van der Waals surface area contributed by atoms with Crippen LogP contribution in [0.25, 0.3) is 11.1 Å². The average molecular weight is 348 g/mol. The fraction of sp³-hybridized carbons (Fsp3) is 0.478. The summed E-state index contributed by atoms with van der Waals surface area (Å²) in [6, 6.07) is 14.9. The molecule has 0 N–H and O–H groups in total. The lowest BCUT2D eigenvalue weighted by molar-refractivity contribution is -0.136. The molecule has 1 aromatic carbocycles. The number of carbonyl (C=O) groups is 1. The summed E-state index contributed by atoms with van der Waals surface area (Å²) in [6.45, 7) is 3.82. The Kier molecular flexibility index (Phi) is 5.05. The van der Waals surface area contributed by atoms with Crippen LogP contribution in [0.2, 0.25) is 0 Å². The number of aromatic nitrogens is 1. The third kappa shape index (κ3) is 3.67. The standard InChI is InChI=1S/C23H28N2O/c1-17-14-21(18-8-3-2-4-9-18)15-22(24-17)20-12-7-13-25(16-20)23(26)19-10-5-6-11-19/h2-4,8-9,14-15,19-20H,5-7,10-13,16H2,1H3. The van der Waals surface area contributed by atoms with Gasteiger partial charge in [-0.2, -0.15) is 0 Å². The maximum atomic E-state index is 12.8. The largest absolute Gasteiger partial charge is 0.342 e. The number of likely N-dealkylation sites (tertiary alicyclic amines) is 1. The predicted molar refractivity (Wildman–Crippen MR) is 105 cm³/mol. The van der Waals surface area contributed by atoms with Gasteiger partial charge in [0, 0.05) is 36.3 Å². The van der Waals surface area contributed by atoms with Crippen LogP contribution in [-0.2, 0) is 4.79 Å². The summed E-state index contributed by atoms with van der Waals surface area (Å²) in [7, 11) is 0. The Hall–Kier alpha value is -2.16. The summed E-state index contributed by atoms with van der Waals surface area (Å²) in [4.78, 5) is 19.8. The van der Waals surface area contributed by atoms with Crippen molar-refractivity contribution in [3.63, 3.8) is 0 Å². The van der Waals surface area contributed by atoms with Gasteiger partial charge in [0.15, 0.2) is 0 Å². The zero-order valence-corrected chi connectivity index (χ0v) is 15.7. The molecule has 4 rings (SSSR count). The number of hydrogen-bond acceptors (Lipinski definition) is 2. The number of nitrogens with zero attached hydrogens (tertiary/aromatic N) is 2. The van der Waals surface area contributed by atoms with Crippen LogP contribution in [0.5, 0.6) is 0 Å². The van der Waals surface area contributed by atoms with Gasteiger partial charge in [-0.1, -0.05) is 43.2 Å². The maximum absolute atomic E-state index is 12.8. The zero-order valence-electron chi connectivity index (χ0n) is 15.7. The summed E-state index contributed by atoms with van der Waals surface area (Å²) in [5.74, 6) is 1.03. The first-order valence-electron chi connectivity index (χ1n) is 10.0. The normalized spacial score (nSPS) is 21.1. The molecule has 3 nitrogen and oxygen atoms in total. The van der Waals surface area contributed by atoms with Crippen LogP contribution < -0.4 is 0 Å². The average Bonchev–Trinajstić information content (AvgIpc) is 3.22. The molecule has 1 aromatic heterocycles. The van der Waals surface area contributed by atoms with Gasteiger partial charge < -0.3 is 4.90 Å². The van der Waals surface area contributed by atoms with Crippen molar-refractivity contribution in [3.8, 4) is 11.1 Å². The van der Waals surface area contributed by atoms with Gasteiger partial charge in [-0.15, -0.1) is 0 Å². The minimum absolute atomic E-state index is 0.277. The van der Waals surface area contributed by atoms with Crippen LogP contribution in [0.1, 0.15) is 55.8 Å². The number of amides is 1. The molecule has 1 amide bonds. The molecule has 2 fully saturated rings. The lowest BCUT2D eigenvalue weighted by atomic mass is 9.91. The predicted octanol–water partition coefficient (Wildman–Crippen LogP) is 4.95. The molecular formula is C23H28N2O. The van der Waals surface area contributed by atoms with Crippen molar-refractivity contribution in [2.45, 2.75) is 51.4 Å². The van der Waals surface area contributed by atoms with E-state index < -0.39 is 0 Å². The van der Waals surface area contributed by atoms with Crippen LogP contribution in [0.4, 0.5) is 0 Å². The van der Waals surface area contributed by atoms with Gasteiger partial charge in [-0.3, -0.25) is 9.78 Å². The van der Waals surface area contributed by atoms with Crippen molar-refractivity contribution in [3.05, 3.63) is 53.9 Å². The lowest BCUT2D eigenvalue weighted by Crippen LogP contribution is -2.42. The molecule has 2 aromatic rings. The Balaban J connectivity index is 1.55. The van der Waals surface area contributed by atoms with E-state index in [0.717, 1.165) is 50.2 Å². The third-order valence-corrected chi connectivity index (χ3v) is 5.94. The first-order chi connectivity index (χ1) is 12.7. The molecule has 1 aliphatic carbocycles. The van der Waals surface area contributed by atoms with E-state index in [9.17, 15) is 4.79 Å². The second-order valence-electron chi connectivity index (χ2n) is 7.89. The molecule has 0 spiro atoms. The van der Waals surface area contributed by atoms with E-state index in [1.165, 1.54) is 24.0 Å². The van der Waals surface area contributed by atoms with E-state index in [0.29, 0.717) is 11.8 Å². The monoisotopic (exact) mass is 348 g/mol. The van der Waals surface area contributed by atoms with Crippen molar-refractivity contribution in [1.82, 2.24) is 9.88 Å². The van der Waals surface area contributed by atoms with Gasteiger partial charge in [0.05, 0.1) is 0 Å². The second-order valence-corrected chi connectivity index (χ2v) is 7.89. The van der Waals surface area contributed by atoms with Crippen LogP contribution in [0, 0.1) is 12.8 Å². The van der Waals surface area contributed by atoms with Crippen molar-refractivity contribution in [2.24, 2.45) is 5.92 Å². The number of hydrogen-bond donors (Lipinski definition) is 0. The topological polar surface area (TPSA) is 33.2 Å². The highest BCUT2D eigenvalue weighted by Crippen LogP contribution is 2.32. The molecule has 0 radical (unpaired) electrons. The van der Waals surface area contributed by atoms with E-state index in [2.05, 4.69) is 48.2 Å². The van der Waals surface area contributed by atoms with Crippen LogP contribution in [-0.4, -0.2) is 28.9 Å². The number of benzene rings is 1. The number of pyridine rings is 1. The summed E-state index contributed by atoms with van der Waals surface area (Å²) in [5, 5.41) is 0. The van der Waals surface area contributed by atoms with Crippen molar-refractivity contribution in [1.29, 1.82) is 0 Å². The summed E-state index contributed by atoms with van der Waals surface area (Å²) in [5.41, 5.74) is 4.66. The SMILES string of the molecule is Cc1cc(-c2ccccc2)cc(C2CCCN(C(=O)C3CCCC3)C2)n1. The number of aryl methyl sites for hydroxylation is 1. The maximum Gasteiger partial charge on any atom is 0.225 e. The van der Waals surface area contributed by atoms with E-state index >= 15 is 0 Å². The molecule has 26 heavy (non-hydrogen) atoms. The molecule has 0 bridgehead atoms. The molecule has 3 heteroatoms. The number of carbonyl (C=O) groups excluding carboxylic acids is 1. The molecule has 1 aliphatic heterocycles. The third-order valence-electron chi connectivity index (χ3n) is 5.94. The van der Waals surface area contributed by atoms with Gasteiger partial charge in [0.1, 0.15) is 0 Å². The number of piperidine rings is 1. The Morgan fingerprint density at radius 1 is 1.00 bits per heavy atom. The highest BCUT2D eigenvalue weighted by atomic mass is 16.2. The smallest absolute Gasteiger partial charge is 0.225 e. The minimum atomic E-state index is 0.277. The Bertz CT molecular complexity index is 765. The second kappa shape index (κ2) is 7.61. The van der Waals surface area contributed by atoms with E-state index in [4.69, 9.17) is 4.98 Å². The van der Waals surface area contributed by atoms with Gasteiger partial charge in [0.25, 0.3) is 0 Å². The first-order valence-corrected chi connectivity index (χ1v) is 10.0. The molecular weight excluding hydrogens is 320 g/mol.